The molecule has 0 aliphatic carbocycles. The fourth-order valence-electron chi connectivity index (χ4n) is 4.91. The third-order valence-electron chi connectivity index (χ3n) is 6.18. The Kier molecular flexibility index (Phi) is 4.25. The van der Waals surface area contributed by atoms with Gasteiger partial charge in [0.15, 0.2) is 0 Å². The summed E-state index contributed by atoms with van der Waals surface area (Å²) in [5, 5.41) is 0. The van der Waals surface area contributed by atoms with Gasteiger partial charge in [-0.05, 0) is 63.4 Å². The van der Waals surface area contributed by atoms with Crippen molar-refractivity contribution in [2.24, 2.45) is 0 Å². The number of amides is 1. The molecule has 24 heavy (non-hydrogen) atoms. The number of fused-ring (bicyclic) bond motifs is 3. The highest BCUT2D eigenvalue weighted by molar-refractivity contribution is 5.83. The Morgan fingerprint density at radius 2 is 1.96 bits per heavy atom. The van der Waals surface area contributed by atoms with Crippen molar-refractivity contribution in [2.45, 2.75) is 44.6 Å². The molecular weight excluding hydrogens is 298 g/mol. The van der Waals surface area contributed by atoms with Crippen LogP contribution in [0.4, 0.5) is 5.69 Å². The van der Waals surface area contributed by atoms with E-state index in [4.69, 9.17) is 0 Å². The van der Waals surface area contributed by atoms with Crippen molar-refractivity contribution in [1.82, 2.24) is 9.80 Å². The number of likely N-dealkylation sites (N-methyl/N-ethyl adjacent to an activating group) is 1. The fraction of sp³-hybridized carbons (Fsp3) is 0.650. The van der Waals surface area contributed by atoms with E-state index in [0.717, 1.165) is 39.0 Å². The van der Waals surface area contributed by atoms with Crippen LogP contribution in [0.2, 0.25) is 0 Å². The lowest BCUT2D eigenvalue weighted by molar-refractivity contribution is -0.130. The summed E-state index contributed by atoms with van der Waals surface area (Å²) < 4.78 is 0. The Morgan fingerprint density at radius 1 is 1.17 bits per heavy atom. The number of carbonyl (C=O) groups is 1. The van der Waals surface area contributed by atoms with Crippen molar-refractivity contribution in [2.75, 3.05) is 44.7 Å². The van der Waals surface area contributed by atoms with E-state index in [-0.39, 0.29) is 0 Å². The van der Waals surface area contributed by atoms with Crippen molar-refractivity contribution in [3.05, 3.63) is 29.3 Å². The topological polar surface area (TPSA) is 26.8 Å². The normalized spacial score (nSPS) is 27.1. The van der Waals surface area contributed by atoms with E-state index in [1.807, 2.05) is 0 Å². The second kappa shape index (κ2) is 6.40. The summed E-state index contributed by atoms with van der Waals surface area (Å²) in [7, 11) is 2.21. The average Bonchev–Trinajstić information content (AvgIpc) is 2.90. The Bertz CT molecular complexity index is 623. The summed E-state index contributed by atoms with van der Waals surface area (Å²) in [4.78, 5) is 19.8. The molecule has 4 nitrogen and oxygen atoms in total. The minimum absolute atomic E-state index is 0.316. The number of hydrogen-bond acceptors (Lipinski definition) is 3. The summed E-state index contributed by atoms with van der Waals surface area (Å²) in [6, 6.07) is 7.05. The number of rotatable bonds is 2. The summed E-state index contributed by atoms with van der Waals surface area (Å²) >= 11 is 0. The van der Waals surface area contributed by atoms with E-state index in [1.54, 1.807) is 0 Å². The highest BCUT2D eigenvalue weighted by Gasteiger charge is 2.42. The maximum atomic E-state index is 12.9. The molecule has 4 heteroatoms. The lowest BCUT2D eigenvalue weighted by Crippen LogP contribution is -2.51. The molecule has 0 radical (unpaired) electrons. The first-order chi connectivity index (χ1) is 11.6. The van der Waals surface area contributed by atoms with Gasteiger partial charge in [0, 0.05) is 37.3 Å². The average molecular weight is 327 g/mol. The molecule has 2 atom stereocenters. The number of aryl methyl sites for hydroxylation is 1. The van der Waals surface area contributed by atoms with Gasteiger partial charge in [-0.15, -0.1) is 0 Å². The monoisotopic (exact) mass is 327 g/mol. The number of anilines is 1. The number of hydrogen-bond donors (Lipinski definition) is 0. The quantitative estimate of drug-likeness (QED) is 0.835. The van der Waals surface area contributed by atoms with E-state index < -0.39 is 0 Å². The van der Waals surface area contributed by atoms with E-state index in [1.165, 1.54) is 29.7 Å². The first kappa shape index (κ1) is 15.9. The van der Waals surface area contributed by atoms with E-state index in [9.17, 15) is 4.79 Å². The maximum absolute atomic E-state index is 12.9. The molecule has 2 saturated heterocycles. The van der Waals surface area contributed by atoms with Crippen molar-refractivity contribution >= 4 is 11.6 Å². The molecule has 0 aromatic heterocycles. The predicted octanol–water partition coefficient (Wildman–Crippen LogP) is 2.62. The molecule has 3 heterocycles. The molecular formula is C20H29N3O. The molecule has 4 rings (SSSR count). The molecule has 0 saturated carbocycles. The van der Waals surface area contributed by atoms with Gasteiger partial charge in [0.05, 0.1) is 6.54 Å². The van der Waals surface area contributed by atoms with Crippen LogP contribution < -0.4 is 4.90 Å². The lowest BCUT2D eigenvalue weighted by atomic mass is 9.86. The molecule has 1 aromatic rings. The zero-order valence-corrected chi connectivity index (χ0v) is 15.0. The Labute approximate surface area is 145 Å². The number of nitrogens with zero attached hydrogens (tertiary/aromatic N) is 3. The van der Waals surface area contributed by atoms with E-state index in [0.29, 0.717) is 24.4 Å². The van der Waals surface area contributed by atoms with Gasteiger partial charge in [0.1, 0.15) is 0 Å². The minimum atomic E-state index is 0.316. The third-order valence-corrected chi connectivity index (χ3v) is 6.18. The standard InChI is InChI=1S/C20H29N3O/c1-15-7-6-8-17-20(15)16-9-12-21(2)13-18(16)23(17)14-19(24)22-10-4-3-5-11-22/h6-8,16,18H,3-5,9-14H2,1-2H3. The van der Waals surface area contributed by atoms with Gasteiger partial charge < -0.3 is 14.7 Å². The van der Waals surface area contributed by atoms with Gasteiger partial charge in [-0.1, -0.05) is 12.1 Å². The number of piperidine rings is 2. The third kappa shape index (κ3) is 2.71. The van der Waals surface area contributed by atoms with Crippen LogP contribution in [-0.2, 0) is 4.79 Å². The molecule has 130 valence electrons. The highest BCUT2D eigenvalue weighted by Crippen LogP contribution is 2.46. The van der Waals surface area contributed by atoms with Crippen LogP contribution in [-0.4, -0.2) is 61.5 Å². The molecule has 3 aliphatic heterocycles. The SMILES string of the molecule is Cc1cccc2c1C1CCN(C)CC1N2CC(=O)N1CCCCC1. The number of carbonyl (C=O) groups excluding carboxylic acids is 1. The van der Waals surface area contributed by atoms with Gasteiger partial charge in [0.25, 0.3) is 0 Å². The predicted molar refractivity (Wildman–Crippen MR) is 97.6 cm³/mol. The summed E-state index contributed by atoms with van der Waals surface area (Å²) in [6.07, 6.45) is 4.80. The molecule has 2 unspecified atom stereocenters. The van der Waals surface area contributed by atoms with Gasteiger partial charge >= 0.3 is 0 Å². The van der Waals surface area contributed by atoms with Crippen LogP contribution in [0, 0.1) is 6.92 Å². The van der Waals surface area contributed by atoms with Gasteiger partial charge in [-0.3, -0.25) is 4.79 Å². The van der Waals surface area contributed by atoms with Gasteiger partial charge in [-0.2, -0.15) is 0 Å². The molecule has 3 aliphatic rings. The van der Waals surface area contributed by atoms with Crippen LogP contribution in [0.25, 0.3) is 0 Å². The fourth-order valence-corrected chi connectivity index (χ4v) is 4.91. The molecule has 1 amide bonds. The van der Waals surface area contributed by atoms with Crippen molar-refractivity contribution < 1.29 is 4.79 Å². The highest BCUT2D eigenvalue weighted by atomic mass is 16.2. The molecule has 0 bridgehead atoms. The smallest absolute Gasteiger partial charge is 0.242 e. The van der Waals surface area contributed by atoms with Crippen molar-refractivity contribution in [3.8, 4) is 0 Å². The number of benzene rings is 1. The lowest BCUT2D eigenvalue weighted by Gasteiger charge is -2.38. The van der Waals surface area contributed by atoms with Crippen LogP contribution in [0.5, 0.6) is 0 Å². The number of likely N-dealkylation sites (tertiary alicyclic amines) is 2. The largest absolute Gasteiger partial charge is 0.357 e. The molecule has 0 N–H and O–H groups in total. The first-order valence-corrected chi connectivity index (χ1v) is 9.47. The van der Waals surface area contributed by atoms with Gasteiger partial charge in [-0.25, -0.2) is 0 Å². The first-order valence-electron chi connectivity index (χ1n) is 9.47. The summed E-state index contributed by atoms with van der Waals surface area (Å²) in [5.74, 6) is 0.905. The Hall–Kier alpha value is -1.55. The van der Waals surface area contributed by atoms with Crippen LogP contribution in [0.15, 0.2) is 18.2 Å². The maximum Gasteiger partial charge on any atom is 0.242 e. The second-order valence-electron chi connectivity index (χ2n) is 7.80. The zero-order chi connectivity index (χ0) is 16.7. The zero-order valence-electron chi connectivity index (χ0n) is 15.0. The Balaban J connectivity index is 1.61. The van der Waals surface area contributed by atoms with Gasteiger partial charge in [0.2, 0.25) is 5.91 Å². The van der Waals surface area contributed by atoms with Crippen molar-refractivity contribution in [3.63, 3.8) is 0 Å². The van der Waals surface area contributed by atoms with Crippen LogP contribution >= 0.6 is 0 Å². The molecule has 1 aromatic carbocycles. The molecule has 0 spiro atoms. The summed E-state index contributed by atoms with van der Waals surface area (Å²) in [5.41, 5.74) is 4.20. The minimum Gasteiger partial charge on any atom is -0.357 e. The van der Waals surface area contributed by atoms with Crippen LogP contribution in [0.1, 0.15) is 42.7 Å². The van der Waals surface area contributed by atoms with E-state index in [2.05, 4.69) is 46.9 Å². The summed E-state index contributed by atoms with van der Waals surface area (Å²) in [6.45, 7) is 6.88. The Morgan fingerprint density at radius 3 is 2.75 bits per heavy atom. The van der Waals surface area contributed by atoms with E-state index >= 15 is 0 Å². The van der Waals surface area contributed by atoms with Crippen LogP contribution in [0.3, 0.4) is 0 Å². The molecule has 2 fully saturated rings. The second-order valence-corrected chi connectivity index (χ2v) is 7.80. The van der Waals surface area contributed by atoms with Crippen molar-refractivity contribution in [1.29, 1.82) is 0 Å².